The molecule has 34 heavy (non-hydrogen) atoms. The van der Waals surface area contributed by atoms with E-state index in [0.29, 0.717) is 42.6 Å². The van der Waals surface area contributed by atoms with Crippen molar-refractivity contribution in [2.75, 3.05) is 26.9 Å². The first-order chi connectivity index (χ1) is 16.3. The number of fused-ring (bicyclic) bond motifs is 6. The van der Waals surface area contributed by atoms with E-state index in [-0.39, 0.29) is 17.5 Å². The maximum Gasteiger partial charge on any atom is 0.341 e. The Morgan fingerprint density at radius 1 is 1.26 bits per heavy atom. The number of hydrogen-bond acceptors (Lipinski definition) is 7. The summed E-state index contributed by atoms with van der Waals surface area (Å²) in [6, 6.07) is 5.12. The number of benzene rings is 1. The lowest BCUT2D eigenvalue weighted by atomic mass is 9.78. The smallest absolute Gasteiger partial charge is 0.341 e. The molecule has 1 aromatic carbocycles. The highest BCUT2D eigenvalue weighted by atomic mass is 16.5. The molecule has 2 aliphatic rings. The van der Waals surface area contributed by atoms with Crippen LogP contribution in [0.25, 0.3) is 22.6 Å². The first kappa shape index (κ1) is 22.4. The minimum Gasteiger partial charge on any atom is -0.493 e. The third kappa shape index (κ3) is 3.61. The van der Waals surface area contributed by atoms with Crippen LogP contribution >= 0.6 is 0 Å². The number of carboxylic acids is 1. The zero-order valence-electron chi connectivity index (χ0n) is 19.2. The molecule has 178 valence electrons. The molecule has 2 aliphatic heterocycles. The van der Waals surface area contributed by atoms with Crippen LogP contribution in [0.3, 0.4) is 0 Å². The van der Waals surface area contributed by atoms with Gasteiger partial charge in [0, 0.05) is 43.9 Å². The number of rotatable bonds is 7. The molecule has 1 unspecified atom stereocenters. The third-order valence-electron chi connectivity index (χ3n) is 6.61. The van der Waals surface area contributed by atoms with Gasteiger partial charge >= 0.3 is 5.97 Å². The second kappa shape index (κ2) is 8.41. The second-order valence-corrected chi connectivity index (χ2v) is 9.11. The fraction of sp³-hybridized carbons (Fsp3) is 0.400. The van der Waals surface area contributed by atoms with Crippen LogP contribution in [-0.2, 0) is 9.47 Å². The quantitative estimate of drug-likeness (QED) is 0.524. The van der Waals surface area contributed by atoms with E-state index in [0.717, 1.165) is 17.5 Å². The van der Waals surface area contributed by atoms with Gasteiger partial charge in [-0.15, -0.1) is 0 Å². The fourth-order valence-corrected chi connectivity index (χ4v) is 5.08. The molecule has 1 fully saturated rings. The monoisotopic (exact) mass is 466 g/mol. The lowest BCUT2D eigenvalue weighted by molar-refractivity contribution is 0.0145. The average Bonchev–Trinajstić information content (AvgIpc) is 3.44. The zero-order chi connectivity index (χ0) is 24.0. The van der Waals surface area contributed by atoms with E-state index in [2.05, 4.69) is 4.98 Å². The lowest BCUT2D eigenvalue weighted by Crippen LogP contribution is -2.36. The molecule has 0 amide bonds. The van der Waals surface area contributed by atoms with Crippen molar-refractivity contribution in [3.05, 3.63) is 58.3 Å². The van der Waals surface area contributed by atoms with Crippen LogP contribution in [0.4, 0.5) is 0 Å². The van der Waals surface area contributed by atoms with E-state index in [1.165, 1.54) is 18.7 Å². The largest absolute Gasteiger partial charge is 0.493 e. The van der Waals surface area contributed by atoms with Crippen LogP contribution in [0.5, 0.6) is 5.75 Å². The molecule has 5 rings (SSSR count). The number of hydrogen-bond donors (Lipinski definition) is 1. The lowest BCUT2D eigenvalue weighted by Gasteiger charge is -2.38. The molecule has 1 saturated heterocycles. The standard InChI is InChI=1S/C25H26N2O7/c1-25(2)23-18(12-34-25)14-8-21(32-6-4-5-31-3)16(22-10-26-13-33-22)7-15(14)19-9-20(28)17(24(29)30)11-27(19)23/h7-11,13,18,23H,4-6,12H2,1-3H3,(H,29,30)/t18-,23?/m1/s1. The Balaban J connectivity index is 1.72. The molecule has 0 spiro atoms. The maximum atomic E-state index is 12.7. The molecule has 9 nitrogen and oxygen atoms in total. The number of aromatic carboxylic acids is 1. The molecular formula is C25H26N2O7. The summed E-state index contributed by atoms with van der Waals surface area (Å²) >= 11 is 0. The first-order valence-corrected chi connectivity index (χ1v) is 11.1. The summed E-state index contributed by atoms with van der Waals surface area (Å²) in [6.45, 7) is 5.47. The van der Waals surface area contributed by atoms with Gasteiger partial charge in [0.15, 0.2) is 17.6 Å². The summed E-state index contributed by atoms with van der Waals surface area (Å²) in [5, 5.41) is 9.57. The van der Waals surface area contributed by atoms with Crippen LogP contribution in [0.2, 0.25) is 0 Å². The summed E-state index contributed by atoms with van der Waals surface area (Å²) in [5.41, 5.74) is 1.77. The molecule has 0 saturated carbocycles. The van der Waals surface area contributed by atoms with Gasteiger partial charge in [0.25, 0.3) is 0 Å². The number of carbonyl (C=O) groups is 1. The SMILES string of the molecule is COCCCOc1cc2c(cc1-c1cnco1)-c1cc(=O)c(C(=O)O)cn1C1[C@@H]2COC1(C)C. The van der Waals surface area contributed by atoms with Crippen molar-refractivity contribution < 1.29 is 28.5 Å². The normalized spacial score (nSPS) is 19.9. The Labute approximate surface area is 195 Å². The number of aromatic nitrogens is 2. The molecule has 0 bridgehead atoms. The Bertz CT molecular complexity index is 1290. The molecule has 0 radical (unpaired) electrons. The maximum absolute atomic E-state index is 12.7. The van der Waals surface area contributed by atoms with Gasteiger partial charge in [-0.05, 0) is 31.5 Å². The highest BCUT2D eigenvalue weighted by Crippen LogP contribution is 2.54. The molecule has 2 atom stereocenters. The van der Waals surface area contributed by atoms with Crippen LogP contribution in [-0.4, -0.2) is 53.2 Å². The average molecular weight is 466 g/mol. The summed E-state index contributed by atoms with van der Waals surface area (Å²) in [5.74, 6) is -0.119. The Hall–Kier alpha value is -3.43. The van der Waals surface area contributed by atoms with E-state index in [1.807, 2.05) is 30.5 Å². The molecule has 0 aliphatic carbocycles. The Morgan fingerprint density at radius 2 is 2.09 bits per heavy atom. The van der Waals surface area contributed by atoms with Crippen LogP contribution in [0.15, 0.2) is 46.2 Å². The van der Waals surface area contributed by atoms with Crippen molar-refractivity contribution >= 4 is 5.97 Å². The predicted molar refractivity (Wildman–Crippen MR) is 122 cm³/mol. The van der Waals surface area contributed by atoms with Crippen molar-refractivity contribution in [3.63, 3.8) is 0 Å². The van der Waals surface area contributed by atoms with Gasteiger partial charge in [0.05, 0.1) is 42.3 Å². The molecule has 1 N–H and O–H groups in total. The summed E-state index contributed by atoms with van der Waals surface area (Å²) < 4.78 is 24.9. The van der Waals surface area contributed by atoms with Gasteiger partial charge in [0.1, 0.15) is 11.3 Å². The summed E-state index contributed by atoms with van der Waals surface area (Å²) in [4.78, 5) is 28.4. The van der Waals surface area contributed by atoms with E-state index < -0.39 is 17.0 Å². The van der Waals surface area contributed by atoms with Gasteiger partial charge in [-0.3, -0.25) is 4.79 Å². The zero-order valence-corrected chi connectivity index (χ0v) is 19.2. The Morgan fingerprint density at radius 3 is 2.79 bits per heavy atom. The van der Waals surface area contributed by atoms with Crippen molar-refractivity contribution in [1.29, 1.82) is 0 Å². The number of carboxylic acid groups (broad SMARTS) is 1. The van der Waals surface area contributed by atoms with E-state index in [1.54, 1.807) is 13.3 Å². The van der Waals surface area contributed by atoms with Crippen molar-refractivity contribution in [2.45, 2.75) is 37.8 Å². The second-order valence-electron chi connectivity index (χ2n) is 9.11. The topological polar surface area (TPSA) is 113 Å². The van der Waals surface area contributed by atoms with Crippen LogP contribution < -0.4 is 10.2 Å². The first-order valence-electron chi connectivity index (χ1n) is 11.1. The van der Waals surface area contributed by atoms with E-state index in [9.17, 15) is 14.7 Å². The summed E-state index contributed by atoms with van der Waals surface area (Å²) in [6.07, 6.45) is 5.13. The highest BCUT2D eigenvalue weighted by molar-refractivity contribution is 5.88. The van der Waals surface area contributed by atoms with E-state index in [4.69, 9.17) is 18.6 Å². The van der Waals surface area contributed by atoms with Gasteiger partial charge in [-0.25, -0.2) is 9.78 Å². The van der Waals surface area contributed by atoms with Gasteiger partial charge < -0.3 is 28.3 Å². The van der Waals surface area contributed by atoms with Gasteiger partial charge in [-0.2, -0.15) is 0 Å². The van der Waals surface area contributed by atoms with Crippen molar-refractivity contribution in [1.82, 2.24) is 9.55 Å². The van der Waals surface area contributed by atoms with Crippen molar-refractivity contribution in [2.24, 2.45) is 0 Å². The minimum absolute atomic E-state index is 0.0493. The minimum atomic E-state index is -1.25. The van der Waals surface area contributed by atoms with Gasteiger partial charge in [-0.1, -0.05) is 0 Å². The molecule has 2 aromatic heterocycles. The molecule has 4 heterocycles. The number of pyridine rings is 1. The van der Waals surface area contributed by atoms with E-state index >= 15 is 0 Å². The van der Waals surface area contributed by atoms with Gasteiger partial charge in [0.2, 0.25) is 0 Å². The molecule has 9 heteroatoms. The van der Waals surface area contributed by atoms with Crippen LogP contribution in [0.1, 0.15) is 48.1 Å². The molecule has 3 aromatic rings. The number of methoxy groups -OCH3 is 1. The number of nitrogens with zero attached hydrogens (tertiary/aromatic N) is 2. The number of ether oxygens (including phenoxy) is 3. The Kier molecular flexibility index (Phi) is 5.53. The van der Waals surface area contributed by atoms with Crippen LogP contribution in [0, 0.1) is 0 Å². The predicted octanol–water partition coefficient (Wildman–Crippen LogP) is 3.73. The highest BCUT2D eigenvalue weighted by Gasteiger charge is 2.49. The summed E-state index contributed by atoms with van der Waals surface area (Å²) in [7, 11) is 1.65. The third-order valence-corrected chi connectivity index (χ3v) is 6.61. The fourth-order valence-electron chi connectivity index (χ4n) is 5.08. The molecular weight excluding hydrogens is 440 g/mol. The van der Waals surface area contributed by atoms with Crippen molar-refractivity contribution in [3.8, 4) is 28.3 Å². The number of oxazole rings is 1.